The van der Waals surface area contributed by atoms with Gasteiger partial charge in [-0.1, -0.05) is 12.1 Å². The van der Waals surface area contributed by atoms with Gasteiger partial charge < -0.3 is 15.2 Å². The van der Waals surface area contributed by atoms with Crippen molar-refractivity contribution in [1.82, 2.24) is 0 Å². The molecule has 106 valence electrons. The van der Waals surface area contributed by atoms with Gasteiger partial charge in [-0.05, 0) is 62.5 Å². The summed E-state index contributed by atoms with van der Waals surface area (Å²) in [5.74, 6) is 2.22. The lowest BCUT2D eigenvalue weighted by Crippen LogP contribution is -2.00. The number of nitrogens with two attached hydrogens (primary N) is 1. The number of methoxy groups -OCH3 is 1. The number of benzene rings is 2. The van der Waals surface area contributed by atoms with Gasteiger partial charge in [0.25, 0.3) is 0 Å². The summed E-state index contributed by atoms with van der Waals surface area (Å²) < 4.78 is 12.9. The molecule has 3 nitrogen and oxygen atoms in total. The zero-order chi connectivity index (χ0) is 14.7. The molecule has 0 aromatic heterocycles. The summed E-state index contributed by atoms with van der Waals surface area (Å²) >= 11 is 6.94. The summed E-state index contributed by atoms with van der Waals surface area (Å²) in [7, 11) is 1.63. The molecule has 0 aliphatic rings. The van der Waals surface area contributed by atoms with Crippen LogP contribution in [0.5, 0.6) is 17.2 Å². The van der Waals surface area contributed by atoms with Gasteiger partial charge in [0.2, 0.25) is 0 Å². The maximum Gasteiger partial charge on any atom is 0.143 e. The Hall–Kier alpha value is -1.04. The average molecular weight is 401 g/mol. The Bertz CT molecular complexity index is 630. The third-order valence-electron chi connectivity index (χ3n) is 2.87. The van der Waals surface area contributed by atoms with E-state index in [4.69, 9.17) is 15.2 Å². The van der Waals surface area contributed by atoms with Crippen molar-refractivity contribution >= 4 is 31.9 Å². The molecule has 0 atom stereocenters. The quantitative estimate of drug-likeness (QED) is 0.803. The van der Waals surface area contributed by atoms with Gasteiger partial charge in [-0.2, -0.15) is 0 Å². The molecule has 2 rings (SSSR count). The van der Waals surface area contributed by atoms with Crippen LogP contribution in [0, 0.1) is 6.92 Å². The van der Waals surface area contributed by atoms with Crippen molar-refractivity contribution in [3.05, 3.63) is 50.4 Å². The lowest BCUT2D eigenvalue weighted by Gasteiger charge is -2.14. The zero-order valence-electron chi connectivity index (χ0n) is 11.2. The predicted molar refractivity (Wildman–Crippen MR) is 87.5 cm³/mol. The van der Waals surface area contributed by atoms with Gasteiger partial charge in [-0.3, -0.25) is 0 Å². The van der Waals surface area contributed by atoms with Crippen LogP contribution in [0.2, 0.25) is 0 Å². The Morgan fingerprint density at radius 1 is 1.00 bits per heavy atom. The summed E-state index contributed by atoms with van der Waals surface area (Å²) in [5.41, 5.74) is 7.84. The molecule has 0 amide bonds. The third-order valence-corrected chi connectivity index (χ3v) is 4.11. The van der Waals surface area contributed by atoms with E-state index in [1.807, 2.05) is 37.3 Å². The van der Waals surface area contributed by atoms with Crippen LogP contribution in [0.1, 0.15) is 11.1 Å². The number of hydrogen-bond donors (Lipinski definition) is 1. The van der Waals surface area contributed by atoms with E-state index in [1.165, 1.54) is 0 Å². The highest BCUT2D eigenvalue weighted by Crippen LogP contribution is 2.38. The summed E-state index contributed by atoms with van der Waals surface area (Å²) in [5, 5.41) is 0. The van der Waals surface area contributed by atoms with Crippen molar-refractivity contribution in [2.45, 2.75) is 13.5 Å². The number of aryl methyl sites for hydroxylation is 1. The van der Waals surface area contributed by atoms with E-state index < -0.39 is 0 Å². The zero-order valence-corrected chi connectivity index (χ0v) is 14.4. The minimum absolute atomic E-state index is 0.435. The second kappa shape index (κ2) is 6.61. The Kier molecular flexibility index (Phi) is 5.07. The van der Waals surface area contributed by atoms with E-state index in [0.29, 0.717) is 12.3 Å². The molecular formula is C15H15Br2NO2. The van der Waals surface area contributed by atoms with E-state index in [9.17, 15) is 0 Å². The topological polar surface area (TPSA) is 44.5 Å². The fourth-order valence-corrected chi connectivity index (χ4v) is 2.68. The highest BCUT2D eigenvalue weighted by molar-refractivity contribution is 9.11. The molecule has 0 bridgehead atoms. The highest BCUT2D eigenvalue weighted by Gasteiger charge is 2.11. The molecule has 2 aromatic carbocycles. The van der Waals surface area contributed by atoms with Crippen molar-refractivity contribution < 1.29 is 9.47 Å². The van der Waals surface area contributed by atoms with Crippen LogP contribution >= 0.6 is 31.9 Å². The molecule has 0 unspecified atom stereocenters. The Balaban J connectivity index is 2.39. The van der Waals surface area contributed by atoms with E-state index >= 15 is 0 Å². The summed E-state index contributed by atoms with van der Waals surface area (Å²) in [6.07, 6.45) is 0. The van der Waals surface area contributed by atoms with Crippen LogP contribution in [-0.4, -0.2) is 7.11 Å². The van der Waals surface area contributed by atoms with E-state index in [2.05, 4.69) is 31.9 Å². The minimum Gasteiger partial charge on any atom is -0.496 e. The fraction of sp³-hybridized carbons (Fsp3) is 0.200. The molecule has 2 aromatic rings. The Morgan fingerprint density at radius 2 is 1.65 bits per heavy atom. The van der Waals surface area contributed by atoms with E-state index in [1.54, 1.807) is 7.11 Å². The predicted octanol–water partition coefficient (Wildman–Crippen LogP) is 4.78. The molecule has 5 heteroatoms. The first-order chi connectivity index (χ1) is 9.55. The second-order valence-electron chi connectivity index (χ2n) is 4.33. The monoisotopic (exact) mass is 399 g/mol. The van der Waals surface area contributed by atoms with E-state index in [0.717, 1.165) is 31.6 Å². The molecule has 0 aliphatic carbocycles. The number of hydrogen-bond acceptors (Lipinski definition) is 3. The standard InChI is InChI=1S/C15H15Br2NO2/c1-9-3-4-10(8-18)13(5-9)20-15-7-11(16)14(19-2)6-12(15)17/h3-7H,8,18H2,1-2H3. The van der Waals surface area contributed by atoms with Gasteiger partial charge in [0.15, 0.2) is 0 Å². The molecule has 0 fully saturated rings. The Morgan fingerprint density at radius 3 is 2.30 bits per heavy atom. The largest absolute Gasteiger partial charge is 0.496 e. The number of rotatable bonds is 4. The second-order valence-corrected chi connectivity index (χ2v) is 6.04. The molecule has 0 saturated carbocycles. The maximum atomic E-state index is 5.98. The van der Waals surface area contributed by atoms with Crippen LogP contribution in [0.15, 0.2) is 39.3 Å². The molecule has 0 saturated heterocycles. The first kappa shape index (κ1) is 15.4. The normalized spacial score (nSPS) is 10.4. The first-order valence-corrected chi connectivity index (χ1v) is 7.64. The molecule has 2 N–H and O–H groups in total. The van der Waals surface area contributed by atoms with Gasteiger partial charge in [-0.15, -0.1) is 0 Å². The van der Waals surface area contributed by atoms with Gasteiger partial charge in [-0.25, -0.2) is 0 Å². The number of ether oxygens (including phenoxy) is 2. The van der Waals surface area contributed by atoms with Crippen molar-refractivity contribution in [1.29, 1.82) is 0 Å². The number of halogens is 2. The molecule has 0 spiro atoms. The average Bonchev–Trinajstić information content (AvgIpc) is 2.42. The van der Waals surface area contributed by atoms with Crippen molar-refractivity contribution in [3.8, 4) is 17.2 Å². The van der Waals surface area contributed by atoms with Crippen molar-refractivity contribution in [3.63, 3.8) is 0 Å². The third kappa shape index (κ3) is 3.34. The van der Waals surface area contributed by atoms with Crippen LogP contribution in [0.3, 0.4) is 0 Å². The summed E-state index contributed by atoms with van der Waals surface area (Å²) in [4.78, 5) is 0. The summed E-state index contributed by atoms with van der Waals surface area (Å²) in [6, 6.07) is 9.71. The lowest BCUT2D eigenvalue weighted by atomic mass is 10.1. The SMILES string of the molecule is COc1cc(Br)c(Oc2cc(C)ccc2CN)cc1Br. The smallest absolute Gasteiger partial charge is 0.143 e. The molecular weight excluding hydrogens is 386 g/mol. The highest BCUT2D eigenvalue weighted by atomic mass is 79.9. The molecule has 20 heavy (non-hydrogen) atoms. The van der Waals surface area contributed by atoms with Crippen LogP contribution < -0.4 is 15.2 Å². The van der Waals surface area contributed by atoms with E-state index in [-0.39, 0.29) is 0 Å². The first-order valence-electron chi connectivity index (χ1n) is 6.05. The van der Waals surface area contributed by atoms with Crippen LogP contribution in [0.4, 0.5) is 0 Å². The molecule has 0 radical (unpaired) electrons. The molecule has 0 heterocycles. The maximum absolute atomic E-state index is 5.98. The van der Waals surface area contributed by atoms with Gasteiger partial charge in [0.1, 0.15) is 17.2 Å². The summed E-state index contributed by atoms with van der Waals surface area (Å²) in [6.45, 7) is 2.46. The van der Waals surface area contributed by atoms with Crippen molar-refractivity contribution in [2.75, 3.05) is 7.11 Å². The van der Waals surface area contributed by atoms with Crippen LogP contribution in [-0.2, 0) is 6.54 Å². The van der Waals surface area contributed by atoms with Crippen molar-refractivity contribution in [2.24, 2.45) is 5.73 Å². The fourth-order valence-electron chi connectivity index (χ4n) is 1.79. The Labute approximate surface area is 135 Å². The van der Waals surface area contributed by atoms with Gasteiger partial charge in [0.05, 0.1) is 16.1 Å². The minimum atomic E-state index is 0.435. The molecule has 0 aliphatic heterocycles. The van der Waals surface area contributed by atoms with Crippen LogP contribution in [0.25, 0.3) is 0 Å². The van der Waals surface area contributed by atoms with Gasteiger partial charge >= 0.3 is 0 Å². The lowest BCUT2D eigenvalue weighted by molar-refractivity contribution is 0.409. The van der Waals surface area contributed by atoms with Gasteiger partial charge in [0, 0.05) is 12.1 Å².